The molecule has 0 spiro atoms. The first-order valence-corrected chi connectivity index (χ1v) is 8.02. The minimum absolute atomic E-state index is 0.176. The van der Waals surface area contributed by atoms with Crippen LogP contribution >= 0.6 is 0 Å². The molecule has 0 aliphatic rings. The number of anilines is 1. The third-order valence-corrected chi connectivity index (χ3v) is 3.45. The standard InChI is InChI=1S/C19H17N3O4/c1-2-25-19(24)16-13-20-22(14-7-4-3-5-8-14)18(16)21-17(23)11-10-15-9-6-12-26-15/h3-13H,2H2,1H3,(H,21,23). The fraction of sp³-hybridized carbons (Fsp3) is 0.105. The zero-order valence-electron chi connectivity index (χ0n) is 14.1. The van der Waals surface area contributed by atoms with Crippen molar-refractivity contribution in [1.82, 2.24) is 9.78 Å². The molecule has 2 heterocycles. The van der Waals surface area contributed by atoms with Crippen molar-refractivity contribution >= 4 is 23.8 Å². The van der Waals surface area contributed by atoms with Gasteiger partial charge in [0.1, 0.15) is 11.3 Å². The second-order valence-corrected chi connectivity index (χ2v) is 5.21. The van der Waals surface area contributed by atoms with Gasteiger partial charge in [-0.3, -0.25) is 4.79 Å². The summed E-state index contributed by atoms with van der Waals surface area (Å²) in [5, 5.41) is 6.90. The van der Waals surface area contributed by atoms with Crippen molar-refractivity contribution < 1.29 is 18.7 Å². The minimum atomic E-state index is -0.556. The first-order chi connectivity index (χ1) is 12.7. The van der Waals surface area contributed by atoms with Crippen molar-refractivity contribution in [2.75, 3.05) is 11.9 Å². The minimum Gasteiger partial charge on any atom is -0.465 e. The average Bonchev–Trinajstić information content (AvgIpc) is 3.31. The average molecular weight is 351 g/mol. The SMILES string of the molecule is CCOC(=O)c1cnn(-c2ccccc2)c1NC(=O)C=Cc1ccco1. The molecule has 1 N–H and O–H groups in total. The number of benzene rings is 1. The molecule has 0 bridgehead atoms. The smallest absolute Gasteiger partial charge is 0.343 e. The molecule has 0 unspecified atom stereocenters. The Labute approximate surface area is 149 Å². The zero-order valence-corrected chi connectivity index (χ0v) is 14.1. The first-order valence-electron chi connectivity index (χ1n) is 8.02. The Morgan fingerprint density at radius 1 is 1.23 bits per heavy atom. The van der Waals surface area contributed by atoms with Gasteiger partial charge in [0, 0.05) is 6.08 Å². The second kappa shape index (κ2) is 7.98. The molecular formula is C19H17N3O4. The summed E-state index contributed by atoms with van der Waals surface area (Å²) in [4.78, 5) is 24.5. The van der Waals surface area contributed by atoms with Crippen LogP contribution in [0.2, 0.25) is 0 Å². The van der Waals surface area contributed by atoms with E-state index < -0.39 is 11.9 Å². The highest BCUT2D eigenvalue weighted by molar-refractivity contribution is 6.05. The fourth-order valence-electron chi connectivity index (χ4n) is 2.29. The molecule has 1 aromatic carbocycles. The Balaban J connectivity index is 1.90. The molecule has 0 saturated carbocycles. The number of nitrogens with one attached hydrogen (secondary N) is 1. The van der Waals surface area contributed by atoms with Crippen LogP contribution in [-0.2, 0) is 9.53 Å². The molecule has 1 amide bonds. The van der Waals surface area contributed by atoms with E-state index in [4.69, 9.17) is 9.15 Å². The van der Waals surface area contributed by atoms with Crippen LogP contribution in [0, 0.1) is 0 Å². The second-order valence-electron chi connectivity index (χ2n) is 5.21. The number of amides is 1. The van der Waals surface area contributed by atoms with Gasteiger partial charge in [0.05, 0.1) is 24.8 Å². The number of aromatic nitrogens is 2. The summed E-state index contributed by atoms with van der Waals surface area (Å²) in [6, 6.07) is 12.6. The quantitative estimate of drug-likeness (QED) is 0.544. The number of furan rings is 1. The van der Waals surface area contributed by atoms with Crippen LogP contribution < -0.4 is 5.32 Å². The van der Waals surface area contributed by atoms with E-state index in [1.165, 1.54) is 29.3 Å². The predicted octanol–water partition coefficient (Wildman–Crippen LogP) is 3.29. The molecule has 0 radical (unpaired) electrons. The number of hydrogen-bond acceptors (Lipinski definition) is 5. The molecule has 0 aliphatic carbocycles. The lowest BCUT2D eigenvalue weighted by molar-refractivity contribution is -0.111. The number of nitrogens with zero attached hydrogens (tertiary/aromatic N) is 2. The van der Waals surface area contributed by atoms with E-state index in [0.717, 1.165) is 0 Å². The van der Waals surface area contributed by atoms with E-state index in [1.807, 2.05) is 30.3 Å². The van der Waals surface area contributed by atoms with Crippen molar-refractivity contribution in [3.8, 4) is 5.69 Å². The van der Waals surface area contributed by atoms with Crippen LogP contribution in [0.1, 0.15) is 23.0 Å². The van der Waals surface area contributed by atoms with Crippen LogP contribution in [0.15, 0.2) is 65.4 Å². The van der Waals surface area contributed by atoms with Gasteiger partial charge < -0.3 is 14.5 Å². The highest BCUT2D eigenvalue weighted by Gasteiger charge is 2.20. The van der Waals surface area contributed by atoms with Crippen molar-refractivity contribution in [3.63, 3.8) is 0 Å². The van der Waals surface area contributed by atoms with Crippen LogP contribution in [0.25, 0.3) is 11.8 Å². The predicted molar refractivity (Wildman–Crippen MR) is 95.9 cm³/mol. The lowest BCUT2D eigenvalue weighted by Gasteiger charge is -2.09. The largest absolute Gasteiger partial charge is 0.465 e. The van der Waals surface area contributed by atoms with Gasteiger partial charge in [-0.1, -0.05) is 18.2 Å². The Hall–Kier alpha value is -3.61. The van der Waals surface area contributed by atoms with Crippen LogP contribution in [0.5, 0.6) is 0 Å². The molecule has 3 aromatic rings. The van der Waals surface area contributed by atoms with Crippen LogP contribution in [-0.4, -0.2) is 28.3 Å². The third-order valence-electron chi connectivity index (χ3n) is 3.45. The van der Waals surface area contributed by atoms with E-state index in [1.54, 1.807) is 19.1 Å². The van der Waals surface area contributed by atoms with Crippen molar-refractivity contribution in [1.29, 1.82) is 0 Å². The number of rotatable bonds is 6. The molecule has 7 nitrogen and oxygen atoms in total. The maximum atomic E-state index is 12.3. The highest BCUT2D eigenvalue weighted by Crippen LogP contribution is 2.21. The van der Waals surface area contributed by atoms with E-state index >= 15 is 0 Å². The van der Waals surface area contributed by atoms with E-state index in [-0.39, 0.29) is 18.0 Å². The lowest BCUT2D eigenvalue weighted by Crippen LogP contribution is -2.16. The van der Waals surface area contributed by atoms with Gasteiger partial charge >= 0.3 is 5.97 Å². The number of carbonyl (C=O) groups excluding carboxylic acids is 2. The monoisotopic (exact) mass is 351 g/mol. The molecule has 26 heavy (non-hydrogen) atoms. The number of ether oxygens (including phenoxy) is 1. The summed E-state index contributed by atoms with van der Waals surface area (Å²) in [5.74, 6) is -0.198. The summed E-state index contributed by atoms with van der Waals surface area (Å²) < 4.78 is 11.7. The molecular weight excluding hydrogens is 334 g/mol. The Bertz CT molecular complexity index is 912. The third kappa shape index (κ3) is 3.89. The normalized spacial score (nSPS) is 10.8. The van der Waals surface area contributed by atoms with Gasteiger partial charge in [0.15, 0.2) is 5.82 Å². The van der Waals surface area contributed by atoms with Crippen molar-refractivity contribution in [3.05, 3.63) is 72.3 Å². The molecule has 0 saturated heterocycles. The maximum absolute atomic E-state index is 12.3. The summed E-state index contributed by atoms with van der Waals surface area (Å²) in [7, 11) is 0. The molecule has 0 aliphatic heterocycles. The van der Waals surface area contributed by atoms with E-state index in [0.29, 0.717) is 11.4 Å². The molecule has 0 fully saturated rings. The summed E-state index contributed by atoms with van der Waals surface area (Å²) in [5.41, 5.74) is 0.879. The van der Waals surface area contributed by atoms with Crippen molar-refractivity contribution in [2.24, 2.45) is 0 Å². The number of esters is 1. The topological polar surface area (TPSA) is 86.4 Å². The van der Waals surface area contributed by atoms with Gasteiger partial charge in [-0.15, -0.1) is 0 Å². The molecule has 2 aromatic heterocycles. The van der Waals surface area contributed by atoms with Crippen LogP contribution in [0.3, 0.4) is 0 Å². The van der Waals surface area contributed by atoms with Gasteiger partial charge in [0.25, 0.3) is 0 Å². The molecule has 132 valence electrons. The van der Waals surface area contributed by atoms with E-state index in [9.17, 15) is 9.59 Å². The summed E-state index contributed by atoms with van der Waals surface area (Å²) >= 11 is 0. The van der Waals surface area contributed by atoms with Gasteiger partial charge in [-0.25, -0.2) is 9.48 Å². The molecule has 3 rings (SSSR count). The van der Waals surface area contributed by atoms with Gasteiger partial charge in [-0.05, 0) is 37.3 Å². The molecule has 7 heteroatoms. The summed E-state index contributed by atoms with van der Waals surface area (Å²) in [6.07, 6.45) is 5.73. The van der Waals surface area contributed by atoms with Gasteiger partial charge in [-0.2, -0.15) is 5.10 Å². The Kier molecular flexibility index (Phi) is 5.28. The van der Waals surface area contributed by atoms with E-state index in [2.05, 4.69) is 10.4 Å². The van der Waals surface area contributed by atoms with Crippen LogP contribution in [0.4, 0.5) is 5.82 Å². The maximum Gasteiger partial charge on any atom is 0.343 e. The number of carbonyl (C=O) groups is 2. The zero-order chi connectivity index (χ0) is 18.4. The lowest BCUT2D eigenvalue weighted by atomic mass is 10.3. The number of hydrogen-bond donors (Lipinski definition) is 1. The highest BCUT2D eigenvalue weighted by atomic mass is 16.5. The number of para-hydroxylation sites is 1. The van der Waals surface area contributed by atoms with Gasteiger partial charge in [0.2, 0.25) is 5.91 Å². The Morgan fingerprint density at radius 3 is 2.73 bits per heavy atom. The summed E-state index contributed by atoms with van der Waals surface area (Å²) in [6.45, 7) is 1.94. The van der Waals surface area contributed by atoms with Crippen molar-refractivity contribution in [2.45, 2.75) is 6.92 Å². The fourth-order valence-corrected chi connectivity index (χ4v) is 2.29. The molecule has 0 atom stereocenters. The first kappa shape index (κ1) is 17.2. The Morgan fingerprint density at radius 2 is 2.04 bits per heavy atom.